The van der Waals surface area contributed by atoms with E-state index in [1.165, 1.54) is 12.1 Å². The molecule has 178 valence electrons. The molecule has 1 fully saturated rings. The van der Waals surface area contributed by atoms with E-state index in [9.17, 15) is 23.1 Å². The van der Waals surface area contributed by atoms with Crippen LogP contribution in [0.15, 0.2) is 88.2 Å². The van der Waals surface area contributed by atoms with E-state index in [-0.39, 0.29) is 23.1 Å². The van der Waals surface area contributed by atoms with Gasteiger partial charge in [-0.25, -0.2) is 8.42 Å². The number of hydrogen-bond donors (Lipinski definition) is 2. The summed E-state index contributed by atoms with van der Waals surface area (Å²) in [6.07, 6.45) is 0.833. The van der Waals surface area contributed by atoms with E-state index in [0.29, 0.717) is 24.1 Å². The summed E-state index contributed by atoms with van der Waals surface area (Å²) in [5.41, 5.74) is 2.85. The fourth-order valence-electron chi connectivity index (χ4n) is 4.26. The molecule has 1 saturated heterocycles. The lowest BCUT2D eigenvalue weighted by Gasteiger charge is -2.21. The highest BCUT2D eigenvalue weighted by Crippen LogP contribution is 2.29. The summed E-state index contributed by atoms with van der Waals surface area (Å²) in [5, 5.41) is 13.0. The Kier molecular flexibility index (Phi) is 5.88. The fraction of sp³-hybridized carbons (Fsp3) is 0.154. The first kappa shape index (κ1) is 22.8. The number of sulfonamides is 1. The number of carbonyl (C=O) groups is 2. The lowest BCUT2D eigenvalue weighted by atomic mass is 10.1. The van der Waals surface area contributed by atoms with Crippen LogP contribution in [0, 0.1) is 0 Å². The molecular formula is C26H22N2O6S. The summed E-state index contributed by atoms with van der Waals surface area (Å²) in [7, 11) is -3.89. The summed E-state index contributed by atoms with van der Waals surface area (Å²) in [6.45, 7) is 0.197. The van der Waals surface area contributed by atoms with Crippen LogP contribution in [0.5, 0.6) is 0 Å². The van der Waals surface area contributed by atoms with Gasteiger partial charge >= 0.3 is 5.97 Å². The number of para-hydroxylation sites is 1. The summed E-state index contributed by atoms with van der Waals surface area (Å²) in [5.74, 6) is -1.27. The van der Waals surface area contributed by atoms with Crippen LogP contribution in [0.4, 0.5) is 5.69 Å². The maximum absolute atomic E-state index is 12.9. The first-order valence-electron chi connectivity index (χ1n) is 11.1. The fourth-order valence-corrected chi connectivity index (χ4v) is 5.91. The number of nitrogens with one attached hydrogen (secondary N) is 1. The molecule has 35 heavy (non-hydrogen) atoms. The van der Waals surface area contributed by atoms with Crippen molar-refractivity contribution in [3.63, 3.8) is 0 Å². The Morgan fingerprint density at radius 3 is 2.26 bits per heavy atom. The maximum atomic E-state index is 12.9. The third-order valence-corrected chi connectivity index (χ3v) is 8.00. The zero-order valence-corrected chi connectivity index (χ0v) is 19.4. The lowest BCUT2D eigenvalue weighted by Crippen LogP contribution is -2.40. The van der Waals surface area contributed by atoms with Gasteiger partial charge in [0, 0.05) is 17.6 Å². The molecule has 2 N–H and O–H groups in total. The summed E-state index contributed by atoms with van der Waals surface area (Å²) in [6, 6.07) is 21.5. The molecule has 0 radical (unpaired) electrons. The monoisotopic (exact) mass is 490 g/mol. The van der Waals surface area contributed by atoms with E-state index in [0.717, 1.165) is 20.8 Å². The van der Waals surface area contributed by atoms with E-state index in [2.05, 4.69) is 5.32 Å². The summed E-state index contributed by atoms with van der Waals surface area (Å²) in [4.78, 5) is 24.0. The number of carboxylic acid groups (broad SMARTS) is 1. The quantitative estimate of drug-likeness (QED) is 0.408. The van der Waals surface area contributed by atoms with Gasteiger partial charge in [-0.2, -0.15) is 4.31 Å². The largest absolute Gasteiger partial charge is 0.480 e. The predicted molar refractivity (Wildman–Crippen MR) is 131 cm³/mol. The maximum Gasteiger partial charge on any atom is 0.322 e. The van der Waals surface area contributed by atoms with E-state index in [1.807, 2.05) is 30.3 Å². The van der Waals surface area contributed by atoms with Gasteiger partial charge in [0.2, 0.25) is 10.0 Å². The molecule has 0 bridgehead atoms. The number of anilines is 1. The molecule has 4 aromatic rings. The van der Waals surface area contributed by atoms with Crippen LogP contribution in [0.3, 0.4) is 0 Å². The molecule has 8 nitrogen and oxygen atoms in total. The highest BCUT2D eigenvalue weighted by Gasteiger charge is 2.39. The number of fused-ring (bicyclic) bond motifs is 1. The van der Waals surface area contributed by atoms with Gasteiger partial charge in [0.05, 0.1) is 4.90 Å². The van der Waals surface area contributed by atoms with Crippen LogP contribution in [-0.2, 0) is 14.8 Å². The molecule has 5 rings (SSSR count). The van der Waals surface area contributed by atoms with Crippen molar-refractivity contribution in [2.75, 3.05) is 11.9 Å². The Bertz CT molecular complexity index is 1470. The molecule has 1 aromatic heterocycles. The zero-order chi connectivity index (χ0) is 24.6. The summed E-state index contributed by atoms with van der Waals surface area (Å²) >= 11 is 0. The average Bonchev–Trinajstić information content (AvgIpc) is 3.53. The Morgan fingerprint density at radius 2 is 1.60 bits per heavy atom. The number of carboxylic acids is 1. The first-order chi connectivity index (χ1) is 16.8. The van der Waals surface area contributed by atoms with Crippen LogP contribution >= 0.6 is 0 Å². The van der Waals surface area contributed by atoms with E-state index < -0.39 is 22.0 Å². The van der Waals surface area contributed by atoms with E-state index in [4.69, 9.17) is 4.42 Å². The van der Waals surface area contributed by atoms with E-state index in [1.54, 1.807) is 36.4 Å². The SMILES string of the molecule is O=C(Nc1ccc(-c2ccc(S(=O)(=O)N3CCC[C@@H]3C(=O)O)cc2)cc1)c1cc2ccccc2o1. The topological polar surface area (TPSA) is 117 Å². The van der Waals surface area contributed by atoms with Crippen molar-refractivity contribution in [2.45, 2.75) is 23.8 Å². The van der Waals surface area contributed by atoms with Crippen molar-refractivity contribution < 1.29 is 27.5 Å². The second-order valence-electron chi connectivity index (χ2n) is 8.32. The van der Waals surface area contributed by atoms with Gasteiger partial charge < -0.3 is 14.8 Å². The van der Waals surface area contributed by atoms with Crippen LogP contribution < -0.4 is 5.32 Å². The van der Waals surface area contributed by atoms with Crippen molar-refractivity contribution in [1.29, 1.82) is 0 Å². The lowest BCUT2D eigenvalue weighted by molar-refractivity contribution is -0.140. The molecule has 9 heteroatoms. The van der Waals surface area contributed by atoms with E-state index >= 15 is 0 Å². The van der Waals surface area contributed by atoms with Crippen LogP contribution in [0.1, 0.15) is 23.4 Å². The molecule has 0 aliphatic carbocycles. The number of nitrogens with zero attached hydrogens (tertiary/aromatic N) is 1. The minimum absolute atomic E-state index is 0.0594. The van der Waals surface area contributed by atoms with Gasteiger partial charge in [-0.05, 0) is 60.4 Å². The predicted octanol–water partition coefficient (Wildman–Crippen LogP) is 4.59. The molecule has 1 amide bonds. The number of rotatable bonds is 6. The van der Waals surface area contributed by atoms with Crippen LogP contribution in [0.25, 0.3) is 22.1 Å². The Hall–Kier alpha value is -3.95. The standard InChI is InChI=1S/C26H22N2O6S/c29-25(24-16-19-4-1-2-6-23(19)34-24)27-20-11-7-17(8-12-20)18-9-13-21(14-10-18)35(32,33)28-15-3-5-22(28)26(30)31/h1-2,4,6-14,16,22H,3,5,15H2,(H,27,29)(H,30,31)/t22-/m1/s1. The molecule has 0 saturated carbocycles. The zero-order valence-electron chi connectivity index (χ0n) is 18.5. The van der Waals surface area contributed by atoms with Gasteiger partial charge in [0.15, 0.2) is 5.76 Å². The molecule has 1 aliphatic heterocycles. The molecule has 2 heterocycles. The number of benzene rings is 3. The summed E-state index contributed by atoms with van der Waals surface area (Å²) < 4.78 is 32.5. The number of carbonyl (C=O) groups excluding carboxylic acids is 1. The number of aliphatic carboxylic acids is 1. The minimum atomic E-state index is -3.89. The molecule has 3 aromatic carbocycles. The number of hydrogen-bond acceptors (Lipinski definition) is 5. The van der Waals surface area contributed by atoms with Crippen molar-refractivity contribution in [3.8, 4) is 11.1 Å². The highest BCUT2D eigenvalue weighted by atomic mass is 32.2. The van der Waals surface area contributed by atoms with Crippen molar-refractivity contribution in [2.24, 2.45) is 0 Å². The Labute approximate surface area is 201 Å². The van der Waals surface area contributed by atoms with Crippen LogP contribution in [0.2, 0.25) is 0 Å². The van der Waals surface area contributed by atoms with Gasteiger partial charge in [-0.1, -0.05) is 42.5 Å². The van der Waals surface area contributed by atoms with Crippen LogP contribution in [-0.4, -0.2) is 42.3 Å². The Balaban J connectivity index is 1.29. The second-order valence-corrected chi connectivity index (χ2v) is 10.2. The van der Waals surface area contributed by atoms with Crippen molar-refractivity contribution in [1.82, 2.24) is 4.31 Å². The average molecular weight is 491 g/mol. The van der Waals surface area contributed by atoms with Crippen molar-refractivity contribution in [3.05, 3.63) is 84.6 Å². The van der Waals surface area contributed by atoms with Gasteiger partial charge in [-0.3, -0.25) is 9.59 Å². The van der Waals surface area contributed by atoms with Gasteiger partial charge in [0.1, 0.15) is 11.6 Å². The molecular weight excluding hydrogens is 468 g/mol. The first-order valence-corrected chi connectivity index (χ1v) is 12.5. The Morgan fingerprint density at radius 1 is 0.943 bits per heavy atom. The molecule has 1 atom stereocenters. The third-order valence-electron chi connectivity index (χ3n) is 6.08. The molecule has 1 aliphatic rings. The van der Waals surface area contributed by atoms with Gasteiger partial charge in [-0.15, -0.1) is 0 Å². The molecule has 0 unspecified atom stereocenters. The highest BCUT2D eigenvalue weighted by molar-refractivity contribution is 7.89. The minimum Gasteiger partial charge on any atom is -0.480 e. The van der Waals surface area contributed by atoms with Crippen molar-refractivity contribution >= 4 is 38.6 Å². The van der Waals surface area contributed by atoms with Gasteiger partial charge in [0.25, 0.3) is 5.91 Å². The smallest absolute Gasteiger partial charge is 0.322 e. The number of amides is 1. The molecule has 0 spiro atoms. The number of furan rings is 1. The third kappa shape index (κ3) is 4.43. The second kappa shape index (κ2) is 9.01. The normalized spacial score (nSPS) is 16.4.